The Morgan fingerprint density at radius 1 is 0.609 bits per heavy atom. The minimum Gasteiger partial charge on any atom is -0.289 e. The molecule has 0 spiro atoms. The highest BCUT2D eigenvalue weighted by atomic mass is 79.9. The molecule has 3 aromatic carbocycles. The third kappa shape index (κ3) is 2.16. The normalized spacial score (nSPS) is 12.7. The summed E-state index contributed by atoms with van der Waals surface area (Å²) in [4.78, 5) is 25.7. The SMILES string of the molecule is O=C1c2ccccc2C(=O)c2c1cccc2-c1cccc(Br)c1. The topological polar surface area (TPSA) is 34.1 Å². The van der Waals surface area contributed by atoms with Crippen LogP contribution in [-0.2, 0) is 0 Å². The average molecular weight is 363 g/mol. The maximum Gasteiger partial charge on any atom is 0.195 e. The van der Waals surface area contributed by atoms with Crippen LogP contribution in [0.15, 0.2) is 71.2 Å². The lowest BCUT2D eigenvalue weighted by Gasteiger charge is -2.20. The monoisotopic (exact) mass is 362 g/mol. The number of hydrogen-bond acceptors (Lipinski definition) is 2. The molecule has 0 heterocycles. The van der Waals surface area contributed by atoms with E-state index in [4.69, 9.17) is 0 Å². The van der Waals surface area contributed by atoms with E-state index in [0.29, 0.717) is 22.3 Å². The Morgan fingerprint density at radius 3 is 1.96 bits per heavy atom. The molecular weight excluding hydrogens is 352 g/mol. The van der Waals surface area contributed by atoms with Crippen molar-refractivity contribution in [2.45, 2.75) is 0 Å². The number of fused-ring (bicyclic) bond motifs is 2. The van der Waals surface area contributed by atoms with Crippen LogP contribution in [0.4, 0.5) is 0 Å². The molecule has 0 aliphatic heterocycles. The smallest absolute Gasteiger partial charge is 0.195 e. The highest BCUT2D eigenvalue weighted by Gasteiger charge is 2.31. The first-order valence-corrected chi connectivity index (χ1v) is 8.03. The molecule has 4 rings (SSSR count). The van der Waals surface area contributed by atoms with Gasteiger partial charge in [-0.1, -0.05) is 70.5 Å². The Kier molecular flexibility index (Phi) is 3.24. The molecule has 0 aromatic heterocycles. The zero-order valence-corrected chi connectivity index (χ0v) is 13.6. The van der Waals surface area contributed by atoms with Crippen molar-refractivity contribution in [3.63, 3.8) is 0 Å². The highest BCUT2D eigenvalue weighted by molar-refractivity contribution is 9.10. The largest absolute Gasteiger partial charge is 0.289 e. The van der Waals surface area contributed by atoms with E-state index in [9.17, 15) is 9.59 Å². The standard InChI is InChI=1S/C20H11BrO2/c21-13-6-3-5-12(11-13)14-9-4-10-17-18(14)20(23)16-8-2-1-7-15(16)19(17)22/h1-11H. The predicted molar refractivity (Wildman–Crippen MR) is 92.9 cm³/mol. The molecule has 0 atom stereocenters. The summed E-state index contributed by atoms with van der Waals surface area (Å²) in [7, 11) is 0. The van der Waals surface area contributed by atoms with Crippen molar-refractivity contribution in [3.8, 4) is 11.1 Å². The van der Waals surface area contributed by atoms with Crippen LogP contribution < -0.4 is 0 Å². The third-order valence-electron chi connectivity index (χ3n) is 4.09. The van der Waals surface area contributed by atoms with Gasteiger partial charge in [-0.3, -0.25) is 9.59 Å². The van der Waals surface area contributed by atoms with Gasteiger partial charge in [0, 0.05) is 26.7 Å². The molecule has 1 aliphatic carbocycles. The second-order valence-corrected chi connectivity index (χ2v) is 6.36. The molecule has 110 valence electrons. The van der Waals surface area contributed by atoms with Gasteiger partial charge in [-0.15, -0.1) is 0 Å². The minimum atomic E-state index is -0.0919. The maximum absolute atomic E-state index is 13.0. The van der Waals surface area contributed by atoms with E-state index in [-0.39, 0.29) is 11.6 Å². The number of ketones is 2. The third-order valence-corrected chi connectivity index (χ3v) is 4.58. The Morgan fingerprint density at radius 2 is 1.22 bits per heavy atom. The van der Waals surface area contributed by atoms with Gasteiger partial charge in [-0.05, 0) is 23.3 Å². The number of rotatable bonds is 1. The second-order valence-electron chi connectivity index (χ2n) is 5.44. The molecule has 0 amide bonds. The molecule has 0 bridgehead atoms. The zero-order valence-electron chi connectivity index (χ0n) is 12.0. The van der Waals surface area contributed by atoms with Gasteiger partial charge in [-0.2, -0.15) is 0 Å². The van der Waals surface area contributed by atoms with Crippen LogP contribution in [-0.4, -0.2) is 11.6 Å². The van der Waals surface area contributed by atoms with E-state index in [2.05, 4.69) is 15.9 Å². The van der Waals surface area contributed by atoms with E-state index >= 15 is 0 Å². The fourth-order valence-corrected chi connectivity index (χ4v) is 3.44. The lowest BCUT2D eigenvalue weighted by atomic mass is 9.80. The van der Waals surface area contributed by atoms with Gasteiger partial charge in [-0.25, -0.2) is 0 Å². The zero-order chi connectivity index (χ0) is 16.0. The lowest BCUT2D eigenvalue weighted by molar-refractivity contribution is 0.0979. The molecular formula is C20H11BrO2. The molecule has 0 fully saturated rings. The van der Waals surface area contributed by atoms with Crippen LogP contribution in [0.5, 0.6) is 0 Å². The van der Waals surface area contributed by atoms with Crippen molar-refractivity contribution in [2.24, 2.45) is 0 Å². The van der Waals surface area contributed by atoms with Crippen molar-refractivity contribution < 1.29 is 9.59 Å². The minimum absolute atomic E-state index is 0.0907. The van der Waals surface area contributed by atoms with Gasteiger partial charge in [0.2, 0.25) is 0 Å². The molecule has 3 heteroatoms. The number of hydrogen-bond donors (Lipinski definition) is 0. The van der Waals surface area contributed by atoms with Crippen molar-refractivity contribution in [1.82, 2.24) is 0 Å². The van der Waals surface area contributed by atoms with Crippen LogP contribution in [0, 0.1) is 0 Å². The van der Waals surface area contributed by atoms with E-state index in [0.717, 1.165) is 15.6 Å². The fourth-order valence-electron chi connectivity index (χ4n) is 3.04. The molecule has 0 radical (unpaired) electrons. The molecule has 0 N–H and O–H groups in total. The molecule has 0 saturated heterocycles. The number of halogens is 1. The molecule has 1 aliphatic rings. The van der Waals surface area contributed by atoms with E-state index in [1.54, 1.807) is 30.3 Å². The first-order valence-electron chi connectivity index (χ1n) is 7.24. The Hall–Kier alpha value is -2.52. The lowest BCUT2D eigenvalue weighted by Crippen LogP contribution is -2.21. The summed E-state index contributed by atoms with van der Waals surface area (Å²) in [5.74, 6) is -0.183. The van der Waals surface area contributed by atoms with E-state index < -0.39 is 0 Å². The predicted octanol–water partition coefficient (Wildman–Crippen LogP) is 4.89. The summed E-state index contributed by atoms with van der Waals surface area (Å²) >= 11 is 3.46. The summed E-state index contributed by atoms with van der Waals surface area (Å²) < 4.78 is 0.933. The van der Waals surface area contributed by atoms with E-state index in [1.165, 1.54) is 0 Å². The summed E-state index contributed by atoms with van der Waals surface area (Å²) in [5.41, 5.74) is 3.64. The van der Waals surface area contributed by atoms with Gasteiger partial charge in [0.1, 0.15) is 0 Å². The molecule has 23 heavy (non-hydrogen) atoms. The van der Waals surface area contributed by atoms with Crippen LogP contribution in [0.2, 0.25) is 0 Å². The Labute approximate surface area is 141 Å². The van der Waals surface area contributed by atoms with Crippen LogP contribution in [0.3, 0.4) is 0 Å². The highest BCUT2D eigenvalue weighted by Crippen LogP contribution is 2.35. The van der Waals surface area contributed by atoms with Crippen LogP contribution in [0.25, 0.3) is 11.1 Å². The Balaban J connectivity index is 2.01. The summed E-state index contributed by atoms with van der Waals surface area (Å²) in [6.07, 6.45) is 0. The summed E-state index contributed by atoms with van der Waals surface area (Å²) in [6.45, 7) is 0. The summed E-state index contributed by atoms with van der Waals surface area (Å²) in [5, 5.41) is 0. The summed E-state index contributed by atoms with van der Waals surface area (Å²) in [6, 6.07) is 20.2. The molecule has 0 saturated carbocycles. The van der Waals surface area contributed by atoms with Crippen LogP contribution in [0.1, 0.15) is 31.8 Å². The van der Waals surface area contributed by atoms with Crippen molar-refractivity contribution in [3.05, 3.63) is 93.5 Å². The molecule has 2 nitrogen and oxygen atoms in total. The first-order chi connectivity index (χ1) is 11.2. The quantitative estimate of drug-likeness (QED) is 0.483. The van der Waals surface area contributed by atoms with Crippen molar-refractivity contribution in [2.75, 3.05) is 0 Å². The molecule has 3 aromatic rings. The second kappa shape index (κ2) is 5.28. The van der Waals surface area contributed by atoms with Gasteiger partial charge < -0.3 is 0 Å². The number of carbonyl (C=O) groups excluding carboxylic acids is 2. The van der Waals surface area contributed by atoms with Crippen molar-refractivity contribution >= 4 is 27.5 Å². The van der Waals surface area contributed by atoms with Gasteiger partial charge in [0.05, 0.1) is 0 Å². The van der Waals surface area contributed by atoms with E-state index in [1.807, 2.05) is 36.4 Å². The average Bonchev–Trinajstić information content (AvgIpc) is 2.59. The van der Waals surface area contributed by atoms with Crippen molar-refractivity contribution in [1.29, 1.82) is 0 Å². The van der Waals surface area contributed by atoms with Gasteiger partial charge >= 0.3 is 0 Å². The first kappa shape index (κ1) is 14.1. The number of benzene rings is 3. The fraction of sp³-hybridized carbons (Fsp3) is 0. The van der Waals surface area contributed by atoms with Gasteiger partial charge in [0.25, 0.3) is 0 Å². The van der Waals surface area contributed by atoms with Gasteiger partial charge in [0.15, 0.2) is 11.6 Å². The maximum atomic E-state index is 13.0. The van der Waals surface area contributed by atoms with Crippen LogP contribution >= 0.6 is 15.9 Å². The molecule has 0 unspecified atom stereocenters. The Bertz CT molecular complexity index is 973. The number of carbonyl (C=O) groups is 2.